The number of hydrogen-bond donors (Lipinski definition) is 1. The van der Waals surface area contributed by atoms with Crippen LogP contribution in [0.5, 0.6) is 5.75 Å². The number of esters is 1. The number of allylic oxidation sites excluding steroid dienone is 1. The molecule has 0 aliphatic carbocycles. The standard InChI is InChI=1S/C26H40O4S/c1-9-26(10-2,23-14-13-21(31-23)24(28)29-8)18-11-12-20(19(15-18)17(3)4)30-16-22(27)25(5,6)7/h11-13,15,17,22-23,27H,9-10,14,16H2,1-8H3. The topological polar surface area (TPSA) is 55.8 Å². The van der Waals surface area contributed by atoms with Crippen molar-refractivity contribution in [2.45, 2.75) is 90.4 Å². The van der Waals surface area contributed by atoms with Gasteiger partial charge in [-0.15, -0.1) is 11.8 Å². The fourth-order valence-corrected chi connectivity index (χ4v) is 5.76. The van der Waals surface area contributed by atoms with Gasteiger partial charge in [0.05, 0.1) is 18.1 Å². The van der Waals surface area contributed by atoms with Crippen LogP contribution in [-0.2, 0) is 14.9 Å². The molecule has 174 valence electrons. The molecule has 31 heavy (non-hydrogen) atoms. The quantitative estimate of drug-likeness (QED) is 0.455. The molecule has 1 N–H and O–H groups in total. The molecule has 0 fully saturated rings. The maximum atomic E-state index is 12.0. The third kappa shape index (κ3) is 5.67. The normalized spacial score (nSPS) is 18.1. The van der Waals surface area contributed by atoms with E-state index in [-0.39, 0.29) is 23.4 Å². The van der Waals surface area contributed by atoms with Gasteiger partial charge in [0.1, 0.15) is 12.4 Å². The number of ether oxygens (including phenoxy) is 2. The van der Waals surface area contributed by atoms with Gasteiger partial charge in [0.25, 0.3) is 0 Å². The van der Waals surface area contributed by atoms with Crippen LogP contribution >= 0.6 is 11.8 Å². The summed E-state index contributed by atoms with van der Waals surface area (Å²) in [6.45, 7) is 15.1. The zero-order valence-corrected chi connectivity index (χ0v) is 21.3. The minimum Gasteiger partial charge on any atom is -0.491 e. The Labute approximate surface area is 192 Å². The molecule has 0 saturated carbocycles. The van der Waals surface area contributed by atoms with Gasteiger partial charge in [0.15, 0.2) is 0 Å². The second kappa shape index (κ2) is 10.4. The van der Waals surface area contributed by atoms with E-state index in [0.717, 1.165) is 35.5 Å². The van der Waals surface area contributed by atoms with Crippen LogP contribution in [0.25, 0.3) is 0 Å². The number of rotatable bonds is 9. The Morgan fingerprint density at radius 1 is 1.23 bits per heavy atom. The van der Waals surface area contributed by atoms with Crippen LogP contribution in [0.2, 0.25) is 0 Å². The van der Waals surface area contributed by atoms with E-state index in [1.165, 1.54) is 12.7 Å². The first-order valence-corrected chi connectivity index (χ1v) is 12.3. The van der Waals surface area contributed by atoms with Crippen molar-refractivity contribution in [2.75, 3.05) is 13.7 Å². The molecule has 0 saturated heterocycles. The summed E-state index contributed by atoms with van der Waals surface area (Å²) in [4.78, 5) is 12.8. The Morgan fingerprint density at radius 3 is 2.39 bits per heavy atom. The first kappa shape index (κ1) is 25.8. The van der Waals surface area contributed by atoms with Crippen LogP contribution in [0.15, 0.2) is 29.2 Å². The maximum absolute atomic E-state index is 12.0. The second-order valence-electron chi connectivity index (χ2n) is 9.87. The smallest absolute Gasteiger partial charge is 0.344 e. The number of thioether (sulfide) groups is 1. The minimum absolute atomic E-state index is 0.0377. The average molecular weight is 449 g/mol. The van der Waals surface area contributed by atoms with Crippen molar-refractivity contribution in [3.05, 3.63) is 40.3 Å². The molecule has 2 unspecified atom stereocenters. The third-order valence-corrected chi connectivity index (χ3v) is 8.17. The lowest BCUT2D eigenvalue weighted by molar-refractivity contribution is -0.135. The summed E-state index contributed by atoms with van der Waals surface area (Å²) in [6, 6.07) is 6.52. The molecule has 5 heteroatoms. The van der Waals surface area contributed by atoms with Gasteiger partial charge < -0.3 is 14.6 Å². The zero-order valence-electron chi connectivity index (χ0n) is 20.5. The SMILES string of the molecule is CCC(CC)(c1ccc(OCC(O)C(C)(C)C)c(C(C)C)c1)C1CC=C(C(=O)OC)S1. The van der Waals surface area contributed by atoms with E-state index >= 15 is 0 Å². The van der Waals surface area contributed by atoms with Gasteiger partial charge >= 0.3 is 5.97 Å². The molecule has 0 aromatic heterocycles. The van der Waals surface area contributed by atoms with Gasteiger partial charge in [-0.3, -0.25) is 0 Å². The highest BCUT2D eigenvalue weighted by Crippen LogP contribution is 2.49. The summed E-state index contributed by atoms with van der Waals surface area (Å²) in [5, 5.41) is 10.7. The Kier molecular flexibility index (Phi) is 8.69. The first-order valence-electron chi connectivity index (χ1n) is 11.4. The third-order valence-electron chi connectivity index (χ3n) is 6.65. The van der Waals surface area contributed by atoms with E-state index in [2.05, 4.69) is 45.9 Å². The van der Waals surface area contributed by atoms with Crippen LogP contribution in [0.1, 0.15) is 84.8 Å². The lowest BCUT2D eigenvalue weighted by Gasteiger charge is -2.38. The van der Waals surface area contributed by atoms with Crippen LogP contribution in [0.3, 0.4) is 0 Å². The number of aliphatic hydroxyl groups is 1. The number of carbonyl (C=O) groups excluding carboxylic acids is 1. The maximum Gasteiger partial charge on any atom is 0.344 e. The summed E-state index contributed by atoms with van der Waals surface area (Å²) in [5.41, 5.74) is 2.20. The second-order valence-corrected chi connectivity index (χ2v) is 11.1. The number of methoxy groups -OCH3 is 1. The van der Waals surface area contributed by atoms with Gasteiger partial charge in [-0.25, -0.2) is 4.79 Å². The molecule has 0 radical (unpaired) electrons. The van der Waals surface area contributed by atoms with E-state index in [1.54, 1.807) is 11.8 Å². The summed E-state index contributed by atoms with van der Waals surface area (Å²) < 4.78 is 11.0. The molecule has 4 nitrogen and oxygen atoms in total. The van der Waals surface area contributed by atoms with Crippen LogP contribution in [-0.4, -0.2) is 36.1 Å². The Bertz CT molecular complexity index is 787. The van der Waals surface area contributed by atoms with Gasteiger partial charge in [0.2, 0.25) is 0 Å². The minimum atomic E-state index is -0.532. The molecule has 1 heterocycles. The number of benzene rings is 1. The number of carbonyl (C=O) groups is 1. The Morgan fingerprint density at radius 2 is 1.87 bits per heavy atom. The monoisotopic (exact) mass is 448 g/mol. The van der Waals surface area contributed by atoms with Crippen molar-refractivity contribution in [1.82, 2.24) is 0 Å². The molecule has 0 bridgehead atoms. The highest BCUT2D eigenvalue weighted by atomic mass is 32.2. The largest absolute Gasteiger partial charge is 0.491 e. The Hall–Kier alpha value is -1.46. The van der Waals surface area contributed by atoms with Gasteiger partial charge in [-0.2, -0.15) is 0 Å². The summed E-state index contributed by atoms with van der Waals surface area (Å²) in [7, 11) is 1.44. The van der Waals surface area contributed by atoms with Crippen molar-refractivity contribution >= 4 is 17.7 Å². The molecule has 0 amide bonds. The van der Waals surface area contributed by atoms with E-state index in [1.807, 2.05) is 26.8 Å². The van der Waals surface area contributed by atoms with Crippen molar-refractivity contribution in [1.29, 1.82) is 0 Å². The van der Waals surface area contributed by atoms with E-state index in [9.17, 15) is 9.90 Å². The van der Waals surface area contributed by atoms with Gasteiger partial charge in [-0.05, 0) is 47.8 Å². The van der Waals surface area contributed by atoms with E-state index in [0.29, 0.717) is 11.2 Å². The zero-order chi connectivity index (χ0) is 23.4. The van der Waals surface area contributed by atoms with Crippen LogP contribution in [0, 0.1) is 5.41 Å². The fourth-order valence-electron chi connectivity index (χ4n) is 4.19. The lowest BCUT2D eigenvalue weighted by atomic mass is 9.71. The summed E-state index contributed by atoms with van der Waals surface area (Å²) in [6.07, 6.45) is 4.34. The highest BCUT2D eigenvalue weighted by Gasteiger charge is 2.41. The highest BCUT2D eigenvalue weighted by molar-refractivity contribution is 8.04. The molecule has 1 aliphatic rings. The van der Waals surface area contributed by atoms with E-state index < -0.39 is 6.10 Å². The van der Waals surface area contributed by atoms with Crippen molar-refractivity contribution < 1.29 is 19.4 Å². The summed E-state index contributed by atoms with van der Waals surface area (Å²) >= 11 is 1.65. The fraction of sp³-hybridized carbons (Fsp3) is 0.654. The van der Waals surface area contributed by atoms with Crippen molar-refractivity contribution in [2.24, 2.45) is 5.41 Å². The molecule has 2 rings (SSSR count). The molecule has 1 aromatic carbocycles. The van der Waals surface area contributed by atoms with E-state index in [4.69, 9.17) is 9.47 Å². The molecular formula is C26H40O4S. The molecular weight excluding hydrogens is 408 g/mol. The van der Waals surface area contributed by atoms with Gasteiger partial charge in [-0.1, -0.05) is 66.7 Å². The van der Waals surface area contributed by atoms with Crippen molar-refractivity contribution in [3.63, 3.8) is 0 Å². The van der Waals surface area contributed by atoms with Crippen molar-refractivity contribution in [3.8, 4) is 5.75 Å². The van der Waals surface area contributed by atoms with Crippen LogP contribution in [0.4, 0.5) is 0 Å². The number of aliphatic hydroxyl groups excluding tert-OH is 1. The van der Waals surface area contributed by atoms with Crippen LogP contribution < -0.4 is 4.74 Å². The average Bonchev–Trinajstić information content (AvgIpc) is 3.23. The molecule has 1 aliphatic heterocycles. The Balaban J connectivity index is 2.34. The molecule has 0 spiro atoms. The summed E-state index contributed by atoms with van der Waals surface area (Å²) in [5.74, 6) is 0.904. The predicted octanol–water partition coefficient (Wildman–Crippen LogP) is 6.22. The van der Waals surface area contributed by atoms with Gasteiger partial charge in [0, 0.05) is 10.7 Å². The lowest BCUT2D eigenvalue weighted by Crippen LogP contribution is -2.36. The predicted molar refractivity (Wildman–Crippen MR) is 130 cm³/mol. The number of hydrogen-bond acceptors (Lipinski definition) is 5. The first-order chi connectivity index (χ1) is 14.5. The molecule has 2 atom stereocenters. The molecule has 1 aromatic rings.